The summed E-state index contributed by atoms with van der Waals surface area (Å²) in [6.45, 7) is 8.29. The van der Waals surface area contributed by atoms with Crippen LogP contribution in [0.2, 0.25) is 0 Å². The molecule has 0 aromatic rings. The number of hydrogen-bond acceptors (Lipinski definition) is 3. The molecule has 114 valence electrons. The van der Waals surface area contributed by atoms with Crippen LogP contribution < -0.4 is 5.32 Å². The fraction of sp³-hybridized carbons (Fsp3) is 0.867. The Hall–Kier alpha value is -1.10. The van der Waals surface area contributed by atoms with Gasteiger partial charge in [0.1, 0.15) is 5.54 Å². The summed E-state index contributed by atoms with van der Waals surface area (Å²) in [4.78, 5) is 26.6. The molecule has 1 aliphatic carbocycles. The number of nitrogens with one attached hydrogen (secondary N) is 1. The van der Waals surface area contributed by atoms with Crippen LogP contribution >= 0.6 is 0 Å². The zero-order chi connectivity index (χ0) is 15.1. The number of carbonyl (C=O) groups is 2. The Kier molecular flexibility index (Phi) is 3.84. The zero-order valence-corrected chi connectivity index (χ0v) is 13.2. The van der Waals surface area contributed by atoms with Crippen molar-refractivity contribution in [2.24, 2.45) is 5.41 Å². The fourth-order valence-corrected chi connectivity index (χ4v) is 3.64. The van der Waals surface area contributed by atoms with Crippen molar-refractivity contribution in [3.63, 3.8) is 0 Å². The lowest BCUT2D eigenvalue weighted by atomic mass is 9.63. The van der Waals surface area contributed by atoms with Gasteiger partial charge in [0, 0.05) is 18.6 Å². The number of nitrogens with zero attached hydrogens (tertiary/aromatic N) is 1. The molecule has 2 unspecified atom stereocenters. The van der Waals surface area contributed by atoms with E-state index in [1.165, 1.54) is 0 Å². The summed E-state index contributed by atoms with van der Waals surface area (Å²) < 4.78 is 5.45. The monoisotopic (exact) mass is 282 g/mol. The molecule has 2 amide bonds. The molecule has 0 radical (unpaired) electrons. The number of amides is 2. The standard InChI is InChI=1S/C15H26N2O3/c1-6-15(7-2)13(19)17(9-12(18)16-15)10-8-11(20-5)14(10,3)4/h10-11H,6-9H2,1-5H3,(H,16,18). The molecule has 20 heavy (non-hydrogen) atoms. The maximum Gasteiger partial charge on any atom is 0.249 e. The highest BCUT2D eigenvalue weighted by Crippen LogP contribution is 2.46. The molecule has 1 N–H and O–H groups in total. The minimum atomic E-state index is -0.719. The summed E-state index contributed by atoms with van der Waals surface area (Å²) in [6, 6.07) is 0.0866. The maximum absolute atomic E-state index is 12.8. The van der Waals surface area contributed by atoms with E-state index in [2.05, 4.69) is 19.2 Å². The smallest absolute Gasteiger partial charge is 0.249 e. The van der Waals surface area contributed by atoms with Crippen molar-refractivity contribution in [2.75, 3.05) is 13.7 Å². The number of methoxy groups -OCH3 is 1. The Morgan fingerprint density at radius 1 is 1.30 bits per heavy atom. The summed E-state index contributed by atoms with van der Waals surface area (Å²) in [6.07, 6.45) is 2.23. The summed E-state index contributed by atoms with van der Waals surface area (Å²) in [5, 5.41) is 2.90. The second kappa shape index (κ2) is 5.02. The first-order valence-corrected chi connectivity index (χ1v) is 7.47. The van der Waals surface area contributed by atoms with Crippen molar-refractivity contribution in [3.8, 4) is 0 Å². The van der Waals surface area contributed by atoms with Crippen LogP contribution in [0.4, 0.5) is 0 Å². The van der Waals surface area contributed by atoms with Crippen LogP contribution in [0.1, 0.15) is 47.0 Å². The van der Waals surface area contributed by atoms with E-state index in [9.17, 15) is 9.59 Å². The van der Waals surface area contributed by atoms with Gasteiger partial charge in [-0.15, -0.1) is 0 Å². The number of hydrogen-bond donors (Lipinski definition) is 1. The molecule has 1 aliphatic heterocycles. The fourth-order valence-electron chi connectivity index (χ4n) is 3.64. The highest BCUT2D eigenvalue weighted by atomic mass is 16.5. The van der Waals surface area contributed by atoms with E-state index in [4.69, 9.17) is 4.74 Å². The van der Waals surface area contributed by atoms with Crippen LogP contribution in [-0.4, -0.2) is 48.1 Å². The molecular formula is C15H26N2O3. The highest BCUT2D eigenvalue weighted by Gasteiger charge is 2.56. The molecule has 0 aromatic carbocycles. The van der Waals surface area contributed by atoms with Gasteiger partial charge in [-0.3, -0.25) is 9.59 Å². The molecule has 2 rings (SSSR count). The topological polar surface area (TPSA) is 58.6 Å². The molecule has 5 heteroatoms. The minimum absolute atomic E-state index is 0.0510. The second-order valence-electron chi connectivity index (χ2n) is 6.57. The molecule has 1 saturated carbocycles. The van der Waals surface area contributed by atoms with Gasteiger partial charge < -0.3 is 15.0 Å². The van der Waals surface area contributed by atoms with Crippen molar-refractivity contribution in [3.05, 3.63) is 0 Å². The lowest BCUT2D eigenvalue weighted by molar-refractivity contribution is -0.176. The van der Waals surface area contributed by atoms with Gasteiger partial charge in [0.25, 0.3) is 0 Å². The van der Waals surface area contributed by atoms with Crippen LogP contribution in [0.15, 0.2) is 0 Å². The van der Waals surface area contributed by atoms with Gasteiger partial charge in [0.2, 0.25) is 11.8 Å². The van der Waals surface area contributed by atoms with Crippen LogP contribution in [0.5, 0.6) is 0 Å². The molecule has 0 bridgehead atoms. The van der Waals surface area contributed by atoms with Gasteiger partial charge in [0.15, 0.2) is 0 Å². The van der Waals surface area contributed by atoms with Gasteiger partial charge in [0.05, 0.1) is 12.6 Å². The number of rotatable bonds is 4. The Labute approximate surface area is 121 Å². The summed E-state index contributed by atoms with van der Waals surface area (Å²) in [5.74, 6) is 0.0136. The average Bonchev–Trinajstić information content (AvgIpc) is 2.41. The molecule has 2 atom stereocenters. The predicted octanol–water partition coefficient (Wildman–Crippen LogP) is 1.32. The van der Waals surface area contributed by atoms with E-state index in [0.29, 0.717) is 12.8 Å². The molecule has 0 spiro atoms. The van der Waals surface area contributed by atoms with E-state index in [1.807, 2.05) is 13.8 Å². The first-order chi connectivity index (χ1) is 9.32. The minimum Gasteiger partial charge on any atom is -0.381 e. The highest BCUT2D eigenvalue weighted by molar-refractivity contribution is 5.98. The first kappa shape index (κ1) is 15.3. The molecule has 1 saturated heterocycles. The molecule has 2 aliphatic rings. The molecule has 2 fully saturated rings. The van der Waals surface area contributed by atoms with Crippen LogP contribution in [-0.2, 0) is 14.3 Å². The Bertz CT molecular complexity index is 415. The Morgan fingerprint density at radius 3 is 2.35 bits per heavy atom. The number of ether oxygens (including phenoxy) is 1. The van der Waals surface area contributed by atoms with E-state index in [1.54, 1.807) is 12.0 Å². The van der Waals surface area contributed by atoms with E-state index in [-0.39, 0.29) is 35.9 Å². The first-order valence-electron chi connectivity index (χ1n) is 7.47. The quantitative estimate of drug-likeness (QED) is 0.846. The molecular weight excluding hydrogens is 256 g/mol. The summed E-state index contributed by atoms with van der Waals surface area (Å²) >= 11 is 0. The van der Waals surface area contributed by atoms with Crippen molar-refractivity contribution < 1.29 is 14.3 Å². The van der Waals surface area contributed by atoms with Gasteiger partial charge >= 0.3 is 0 Å². The third kappa shape index (κ3) is 2.03. The predicted molar refractivity (Wildman–Crippen MR) is 76.2 cm³/mol. The second-order valence-corrected chi connectivity index (χ2v) is 6.57. The SMILES string of the molecule is CCC1(CC)NC(=O)CN(C2CC(OC)C2(C)C)C1=O. The molecule has 0 aromatic heterocycles. The average molecular weight is 282 g/mol. The van der Waals surface area contributed by atoms with E-state index >= 15 is 0 Å². The number of carbonyl (C=O) groups excluding carboxylic acids is 2. The normalized spacial score (nSPS) is 31.8. The van der Waals surface area contributed by atoms with Crippen molar-refractivity contribution >= 4 is 11.8 Å². The van der Waals surface area contributed by atoms with Gasteiger partial charge in [-0.2, -0.15) is 0 Å². The van der Waals surface area contributed by atoms with Crippen LogP contribution in [0, 0.1) is 5.41 Å². The van der Waals surface area contributed by atoms with E-state index in [0.717, 1.165) is 6.42 Å². The largest absolute Gasteiger partial charge is 0.381 e. The lowest BCUT2D eigenvalue weighted by Gasteiger charge is -2.57. The van der Waals surface area contributed by atoms with Crippen molar-refractivity contribution in [2.45, 2.75) is 64.6 Å². The Balaban J connectivity index is 2.24. The van der Waals surface area contributed by atoms with Crippen LogP contribution in [0.3, 0.4) is 0 Å². The summed E-state index contributed by atoms with van der Waals surface area (Å²) in [7, 11) is 1.70. The number of piperazine rings is 1. The summed E-state index contributed by atoms with van der Waals surface area (Å²) in [5.41, 5.74) is -0.821. The van der Waals surface area contributed by atoms with Crippen LogP contribution in [0.25, 0.3) is 0 Å². The maximum atomic E-state index is 12.8. The van der Waals surface area contributed by atoms with Gasteiger partial charge in [-0.05, 0) is 19.3 Å². The van der Waals surface area contributed by atoms with Gasteiger partial charge in [-0.25, -0.2) is 0 Å². The van der Waals surface area contributed by atoms with E-state index < -0.39 is 5.54 Å². The van der Waals surface area contributed by atoms with Crippen molar-refractivity contribution in [1.82, 2.24) is 10.2 Å². The third-order valence-electron chi connectivity index (χ3n) is 5.36. The molecule has 1 heterocycles. The third-order valence-corrected chi connectivity index (χ3v) is 5.36. The molecule has 5 nitrogen and oxygen atoms in total. The van der Waals surface area contributed by atoms with Crippen molar-refractivity contribution in [1.29, 1.82) is 0 Å². The van der Waals surface area contributed by atoms with Gasteiger partial charge in [-0.1, -0.05) is 27.7 Å². The lowest BCUT2D eigenvalue weighted by Crippen LogP contribution is -2.73. The Morgan fingerprint density at radius 2 is 1.90 bits per heavy atom. The zero-order valence-electron chi connectivity index (χ0n) is 13.2.